The molecule has 1 heterocycles. The average molecular weight is 292 g/mol. The van der Waals surface area contributed by atoms with Crippen LogP contribution in [-0.2, 0) is 0 Å². The van der Waals surface area contributed by atoms with Crippen LogP contribution in [0.5, 0.6) is 0 Å². The summed E-state index contributed by atoms with van der Waals surface area (Å²) >= 11 is 0. The van der Waals surface area contributed by atoms with E-state index in [4.69, 9.17) is 0 Å². The highest BCUT2D eigenvalue weighted by atomic mass is 16.6. The lowest BCUT2D eigenvalue weighted by Gasteiger charge is -2.27. The molecule has 0 atom stereocenters. The van der Waals surface area contributed by atoms with E-state index in [9.17, 15) is 10.1 Å². The quantitative estimate of drug-likeness (QED) is 0.615. The Labute approximate surface area is 125 Å². The fraction of sp³-hybridized carbons (Fsp3) is 0.667. The van der Waals surface area contributed by atoms with E-state index in [2.05, 4.69) is 22.5 Å². The molecule has 6 nitrogen and oxygen atoms in total. The number of hydrogen-bond donors (Lipinski definition) is 2. The second-order valence-electron chi connectivity index (χ2n) is 5.88. The van der Waals surface area contributed by atoms with E-state index in [1.807, 2.05) is 6.92 Å². The fourth-order valence-electron chi connectivity index (χ4n) is 2.65. The molecule has 1 aromatic rings. The van der Waals surface area contributed by atoms with Gasteiger partial charge in [-0.05, 0) is 38.0 Å². The number of nitrogens with one attached hydrogen (secondary N) is 2. The molecule has 0 saturated heterocycles. The van der Waals surface area contributed by atoms with Gasteiger partial charge in [0.05, 0.1) is 17.1 Å². The van der Waals surface area contributed by atoms with Crippen LogP contribution in [0.25, 0.3) is 0 Å². The molecule has 1 aliphatic carbocycles. The second kappa shape index (κ2) is 7.24. The van der Waals surface area contributed by atoms with Crippen molar-refractivity contribution in [2.45, 2.75) is 52.0 Å². The lowest BCUT2D eigenvalue weighted by molar-refractivity contribution is -0.384. The second-order valence-corrected chi connectivity index (χ2v) is 5.88. The molecule has 2 rings (SSSR count). The van der Waals surface area contributed by atoms with Gasteiger partial charge in [0.2, 0.25) is 0 Å². The van der Waals surface area contributed by atoms with Gasteiger partial charge in [-0.3, -0.25) is 10.1 Å². The molecule has 1 saturated carbocycles. The monoisotopic (exact) mass is 292 g/mol. The number of nitrogens with zero attached hydrogens (tertiary/aromatic N) is 2. The first-order chi connectivity index (χ1) is 10.1. The van der Waals surface area contributed by atoms with Gasteiger partial charge in [0, 0.05) is 12.6 Å². The lowest BCUT2D eigenvalue weighted by Crippen LogP contribution is -2.25. The maximum atomic E-state index is 11.0. The number of nitro groups is 1. The molecule has 0 aromatic carbocycles. The molecule has 116 valence electrons. The molecule has 2 N–H and O–H groups in total. The van der Waals surface area contributed by atoms with Crippen molar-refractivity contribution < 1.29 is 4.92 Å². The molecule has 0 unspecified atom stereocenters. The summed E-state index contributed by atoms with van der Waals surface area (Å²) < 4.78 is 0. The van der Waals surface area contributed by atoms with E-state index in [-0.39, 0.29) is 10.6 Å². The zero-order chi connectivity index (χ0) is 15.2. The van der Waals surface area contributed by atoms with Gasteiger partial charge in [0.15, 0.2) is 0 Å². The third kappa shape index (κ3) is 4.58. The van der Waals surface area contributed by atoms with Gasteiger partial charge in [-0.25, -0.2) is 4.98 Å². The first-order valence-corrected chi connectivity index (χ1v) is 7.75. The van der Waals surface area contributed by atoms with Gasteiger partial charge in [0.25, 0.3) is 5.69 Å². The maximum Gasteiger partial charge on any atom is 0.276 e. The molecule has 1 aromatic heterocycles. The highest BCUT2D eigenvalue weighted by molar-refractivity contribution is 5.55. The van der Waals surface area contributed by atoms with Gasteiger partial charge in [-0.2, -0.15) is 0 Å². The van der Waals surface area contributed by atoms with E-state index in [1.165, 1.54) is 25.0 Å². The standard InChI is InChI=1S/C15H24N4O2/c1-3-8-16-14-9-13(19(20)21)10-15(18-14)17-12-6-4-11(2)5-7-12/h9-12H,3-8H2,1-2H3,(H2,16,17,18). The van der Waals surface area contributed by atoms with Crippen molar-refractivity contribution in [3.63, 3.8) is 0 Å². The summed E-state index contributed by atoms with van der Waals surface area (Å²) in [4.78, 5) is 15.1. The molecule has 0 amide bonds. The Hall–Kier alpha value is -1.85. The normalized spacial score (nSPS) is 21.8. The summed E-state index contributed by atoms with van der Waals surface area (Å²) in [6, 6.07) is 3.38. The van der Waals surface area contributed by atoms with Crippen molar-refractivity contribution in [3.8, 4) is 0 Å². The lowest BCUT2D eigenvalue weighted by atomic mass is 9.87. The first-order valence-electron chi connectivity index (χ1n) is 7.75. The topological polar surface area (TPSA) is 80.1 Å². The van der Waals surface area contributed by atoms with Crippen LogP contribution in [0.1, 0.15) is 46.0 Å². The number of aromatic nitrogens is 1. The van der Waals surface area contributed by atoms with E-state index in [0.717, 1.165) is 31.7 Å². The molecule has 0 aliphatic heterocycles. The van der Waals surface area contributed by atoms with Crippen LogP contribution in [0.3, 0.4) is 0 Å². The zero-order valence-corrected chi connectivity index (χ0v) is 12.8. The molecule has 1 aliphatic rings. The summed E-state index contributed by atoms with van der Waals surface area (Å²) in [7, 11) is 0. The van der Waals surface area contributed by atoms with Gasteiger partial charge in [0.1, 0.15) is 11.6 Å². The maximum absolute atomic E-state index is 11.0. The average Bonchev–Trinajstić information content (AvgIpc) is 2.47. The minimum atomic E-state index is -0.368. The molecule has 0 bridgehead atoms. The molecular weight excluding hydrogens is 268 g/mol. The number of pyridine rings is 1. The fourth-order valence-corrected chi connectivity index (χ4v) is 2.65. The van der Waals surface area contributed by atoms with Gasteiger partial charge < -0.3 is 10.6 Å². The largest absolute Gasteiger partial charge is 0.370 e. The van der Waals surface area contributed by atoms with Crippen LogP contribution in [0.2, 0.25) is 0 Å². The Morgan fingerprint density at radius 2 is 1.95 bits per heavy atom. The molecule has 0 radical (unpaired) electrons. The predicted octanol–water partition coefficient (Wildman–Crippen LogP) is 3.80. The van der Waals surface area contributed by atoms with Gasteiger partial charge in [-0.15, -0.1) is 0 Å². The zero-order valence-electron chi connectivity index (χ0n) is 12.8. The van der Waals surface area contributed by atoms with Crippen molar-refractivity contribution in [2.75, 3.05) is 17.2 Å². The van der Waals surface area contributed by atoms with Crippen LogP contribution >= 0.6 is 0 Å². The van der Waals surface area contributed by atoms with E-state index >= 15 is 0 Å². The van der Waals surface area contributed by atoms with Crippen LogP contribution in [0.15, 0.2) is 12.1 Å². The smallest absolute Gasteiger partial charge is 0.276 e. The number of anilines is 2. The third-order valence-electron chi connectivity index (χ3n) is 3.94. The van der Waals surface area contributed by atoms with Crippen LogP contribution in [-0.4, -0.2) is 22.5 Å². The highest BCUT2D eigenvalue weighted by Crippen LogP contribution is 2.27. The summed E-state index contributed by atoms with van der Waals surface area (Å²) in [6.07, 6.45) is 5.56. The SMILES string of the molecule is CCCNc1cc([N+](=O)[O-])cc(NC2CCC(C)CC2)n1. The minimum Gasteiger partial charge on any atom is -0.370 e. The highest BCUT2D eigenvalue weighted by Gasteiger charge is 2.19. The summed E-state index contributed by atoms with van der Waals surface area (Å²) in [5, 5.41) is 17.5. The molecule has 1 fully saturated rings. The van der Waals surface area contributed by atoms with Crippen LogP contribution in [0, 0.1) is 16.0 Å². The predicted molar refractivity (Wildman–Crippen MR) is 84.7 cm³/mol. The molecule has 6 heteroatoms. The van der Waals surface area contributed by atoms with Crippen LogP contribution < -0.4 is 10.6 Å². The van der Waals surface area contributed by atoms with E-state index in [0.29, 0.717) is 17.7 Å². The Bertz CT molecular complexity index is 485. The minimum absolute atomic E-state index is 0.0790. The van der Waals surface area contributed by atoms with Crippen molar-refractivity contribution in [1.29, 1.82) is 0 Å². The summed E-state index contributed by atoms with van der Waals surface area (Å²) in [5.41, 5.74) is 0.0790. The molecule has 21 heavy (non-hydrogen) atoms. The third-order valence-corrected chi connectivity index (χ3v) is 3.94. The van der Waals surface area contributed by atoms with Gasteiger partial charge in [-0.1, -0.05) is 13.8 Å². The van der Waals surface area contributed by atoms with E-state index in [1.54, 1.807) is 0 Å². The first kappa shape index (κ1) is 15.5. The Morgan fingerprint density at radius 1 is 1.29 bits per heavy atom. The molecular formula is C15H24N4O2. The van der Waals surface area contributed by atoms with Crippen LogP contribution in [0.4, 0.5) is 17.3 Å². The van der Waals surface area contributed by atoms with Crippen molar-refractivity contribution in [2.24, 2.45) is 5.92 Å². The Balaban J connectivity index is 2.09. The number of hydrogen-bond acceptors (Lipinski definition) is 5. The Kier molecular flexibility index (Phi) is 5.36. The molecule has 0 spiro atoms. The number of rotatable bonds is 6. The van der Waals surface area contributed by atoms with Crippen molar-refractivity contribution in [1.82, 2.24) is 4.98 Å². The van der Waals surface area contributed by atoms with E-state index < -0.39 is 0 Å². The Morgan fingerprint density at radius 3 is 2.57 bits per heavy atom. The van der Waals surface area contributed by atoms with Crippen molar-refractivity contribution >= 4 is 17.3 Å². The van der Waals surface area contributed by atoms with Gasteiger partial charge >= 0.3 is 0 Å². The summed E-state index contributed by atoms with van der Waals surface area (Å²) in [5.74, 6) is 1.95. The van der Waals surface area contributed by atoms with Crippen molar-refractivity contribution in [3.05, 3.63) is 22.2 Å². The summed E-state index contributed by atoms with van der Waals surface area (Å²) in [6.45, 7) is 5.08.